The minimum atomic E-state index is -1.51. The molecule has 2 aromatic rings. The number of fused-ring (bicyclic) bond motifs is 3. The summed E-state index contributed by atoms with van der Waals surface area (Å²) in [4.78, 5) is 39.0. The van der Waals surface area contributed by atoms with Crippen molar-refractivity contribution in [2.24, 2.45) is 11.7 Å². The molecule has 0 aromatic carbocycles. The summed E-state index contributed by atoms with van der Waals surface area (Å²) in [5.74, 6) is -1.69. The number of primary amides is 1. The Morgan fingerprint density at radius 3 is 2.79 bits per heavy atom. The van der Waals surface area contributed by atoms with Crippen molar-refractivity contribution in [3.63, 3.8) is 0 Å². The van der Waals surface area contributed by atoms with Crippen LogP contribution in [0.3, 0.4) is 0 Å². The van der Waals surface area contributed by atoms with Gasteiger partial charge in [-0.05, 0) is 37.7 Å². The number of aromatic hydroxyl groups is 1. The largest absolute Gasteiger partial charge is 0.492 e. The molecule has 2 saturated carbocycles. The summed E-state index contributed by atoms with van der Waals surface area (Å²) in [5.41, 5.74) is 3.16. The van der Waals surface area contributed by atoms with Crippen molar-refractivity contribution in [1.29, 1.82) is 0 Å². The van der Waals surface area contributed by atoms with Crippen molar-refractivity contribution >= 4 is 17.5 Å². The lowest BCUT2D eigenvalue weighted by molar-refractivity contribution is -0.130. The predicted molar refractivity (Wildman–Crippen MR) is 113 cm³/mol. The number of likely N-dealkylation sites (tertiary alicyclic amines) is 1. The zero-order valence-electron chi connectivity index (χ0n) is 17.8. The van der Waals surface area contributed by atoms with Crippen LogP contribution in [0, 0.1) is 5.92 Å². The molecule has 11 heteroatoms. The van der Waals surface area contributed by atoms with Crippen molar-refractivity contribution in [1.82, 2.24) is 19.1 Å². The third kappa shape index (κ3) is 3.33. The second-order valence-electron chi connectivity index (χ2n) is 9.64. The standard InChI is InChI=1S/C22H24FN5O5/c23-22(3-4-22)10-27-16-7-15(25-28(16)21(32)18(19(24)30)20(27)31)14-5-11(14)1-2-17(29)26-8-13-6-12(26)9-33-13/h1-2,7,11-14,32H,3-6,8-10H2,(H2,24,30)/b2-1+/t11?,12-,13-,14?/m1/s1. The van der Waals surface area contributed by atoms with E-state index in [1.54, 1.807) is 12.1 Å². The van der Waals surface area contributed by atoms with Gasteiger partial charge in [0.25, 0.3) is 11.5 Å². The molecule has 2 unspecified atom stereocenters. The van der Waals surface area contributed by atoms with E-state index in [2.05, 4.69) is 5.10 Å². The van der Waals surface area contributed by atoms with Crippen LogP contribution in [0.25, 0.3) is 5.65 Å². The van der Waals surface area contributed by atoms with E-state index in [1.807, 2.05) is 11.0 Å². The molecule has 10 nitrogen and oxygen atoms in total. The number of rotatable bonds is 6. The van der Waals surface area contributed by atoms with Crippen LogP contribution in [0.4, 0.5) is 4.39 Å². The quantitative estimate of drug-likeness (QED) is 0.606. The van der Waals surface area contributed by atoms with Crippen LogP contribution in [0.1, 0.15) is 47.7 Å². The van der Waals surface area contributed by atoms with Crippen LogP contribution in [-0.4, -0.2) is 67.0 Å². The fraction of sp³-hybridized carbons (Fsp3) is 0.545. The number of hydrogen-bond acceptors (Lipinski definition) is 6. The molecule has 174 valence electrons. The number of nitrogens with zero attached hydrogens (tertiary/aromatic N) is 4. The van der Waals surface area contributed by atoms with E-state index < -0.39 is 28.6 Å². The summed E-state index contributed by atoms with van der Waals surface area (Å²) in [6, 6.07) is 1.79. The maximum Gasteiger partial charge on any atom is 0.270 e. The summed E-state index contributed by atoms with van der Waals surface area (Å²) in [7, 11) is 0. The van der Waals surface area contributed by atoms with Gasteiger partial charge in [-0.15, -0.1) is 0 Å². The van der Waals surface area contributed by atoms with E-state index in [1.165, 1.54) is 0 Å². The Labute approximate surface area is 187 Å². The fourth-order valence-corrected chi connectivity index (χ4v) is 5.04. The maximum absolute atomic E-state index is 14.5. The fourth-order valence-electron chi connectivity index (χ4n) is 5.04. The monoisotopic (exact) mass is 457 g/mol. The highest BCUT2D eigenvalue weighted by Crippen LogP contribution is 2.48. The van der Waals surface area contributed by atoms with Gasteiger partial charge in [0.15, 0.2) is 5.56 Å². The molecule has 6 rings (SSSR count). The number of carbonyl (C=O) groups is 2. The van der Waals surface area contributed by atoms with E-state index in [9.17, 15) is 23.9 Å². The molecule has 2 amide bonds. The van der Waals surface area contributed by atoms with Crippen molar-refractivity contribution in [2.75, 3.05) is 13.2 Å². The summed E-state index contributed by atoms with van der Waals surface area (Å²) in [6.45, 7) is 0.991. The normalized spacial score (nSPS) is 29.3. The average molecular weight is 457 g/mol. The van der Waals surface area contributed by atoms with Gasteiger partial charge < -0.3 is 20.5 Å². The third-order valence-corrected chi connectivity index (χ3v) is 7.24. The zero-order chi connectivity index (χ0) is 23.1. The van der Waals surface area contributed by atoms with Gasteiger partial charge in [-0.25, -0.2) is 4.39 Å². The lowest BCUT2D eigenvalue weighted by Gasteiger charge is -2.25. The number of hydrogen-bond donors (Lipinski definition) is 2. The maximum atomic E-state index is 14.5. The third-order valence-electron chi connectivity index (χ3n) is 7.24. The number of morpholine rings is 1. The molecule has 2 bridgehead atoms. The summed E-state index contributed by atoms with van der Waals surface area (Å²) >= 11 is 0. The van der Waals surface area contributed by atoms with E-state index in [4.69, 9.17) is 10.5 Å². The minimum absolute atomic E-state index is 0.00689. The van der Waals surface area contributed by atoms with Crippen LogP contribution in [0.15, 0.2) is 23.0 Å². The average Bonchev–Trinajstić information content (AvgIpc) is 3.50. The molecule has 3 N–H and O–H groups in total. The van der Waals surface area contributed by atoms with E-state index >= 15 is 0 Å². The summed E-state index contributed by atoms with van der Waals surface area (Å²) in [5, 5.41) is 14.9. The van der Waals surface area contributed by atoms with Crippen LogP contribution >= 0.6 is 0 Å². The summed E-state index contributed by atoms with van der Waals surface area (Å²) < 4.78 is 22.2. The predicted octanol–water partition coefficient (Wildman–Crippen LogP) is 0.462. The van der Waals surface area contributed by atoms with Crippen LogP contribution in [0.5, 0.6) is 5.88 Å². The van der Waals surface area contributed by atoms with Crippen LogP contribution < -0.4 is 11.3 Å². The Hall–Kier alpha value is -3.21. The zero-order valence-corrected chi connectivity index (χ0v) is 17.8. The van der Waals surface area contributed by atoms with Crippen molar-refractivity contribution in [3.8, 4) is 5.88 Å². The first-order valence-electron chi connectivity index (χ1n) is 11.2. The van der Waals surface area contributed by atoms with E-state index in [0.717, 1.165) is 21.9 Å². The highest BCUT2D eigenvalue weighted by atomic mass is 19.1. The van der Waals surface area contributed by atoms with Crippen molar-refractivity contribution < 1.29 is 23.8 Å². The van der Waals surface area contributed by atoms with Gasteiger partial charge in [-0.1, -0.05) is 6.08 Å². The van der Waals surface area contributed by atoms with Gasteiger partial charge >= 0.3 is 0 Å². The second kappa shape index (κ2) is 6.89. The van der Waals surface area contributed by atoms with E-state index in [0.29, 0.717) is 31.7 Å². The van der Waals surface area contributed by atoms with Gasteiger partial charge in [0.1, 0.15) is 11.3 Å². The molecule has 4 aliphatic rings. The smallest absolute Gasteiger partial charge is 0.270 e. The Bertz CT molecular complexity index is 1280. The lowest BCUT2D eigenvalue weighted by atomic mass is 10.2. The van der Waals surface area contributed by atoms with Gasteiger partial charge in [-0.3, -0.25) is 19.0 Å². The van der Waals surface area contributed by atoms with Gasteiger partial charge in [0.2, 0.25) is 11.8 Å². The summed E-state index contributed by atoms with van der Waals surface area (Å²) in [6.07, 6.45) is 5.91. The second-order valence-corrected chi connectivity index (χ2v) is 9.64. The molecule has 4 heterocycles. The molecule has 33 heavy (non-hydrogen) atoms. The molecule has 4 atom stereocenters. The SMILES string of the molecule is NC(=O)c1c(O)n2nc(C3CC3/C=C/C(=O)N3C[C@H]4C[C@@H]3CO4)cc2n(CC2(F)CC2)c1=O. The Morgan fingerprint density at radius 1 is 1.36 bits per heavy atom. The Kier molecular flexibility index (Phi) is 4.26. The van der Waals surface area contributed by atoms with Gasteiger partial charge in [-0.2, -0.15) is 9.61 Å². The van der Waals surface area contributed by atoms with Crippen molar-refractivity contribution in [3.05, 3.63) is 39.8 Å². The number of allylic oxidation sites excluding steroid dienone is 1. The van der Waals surface area contributed by atoms with Gasteiger partial charge in [0, 0.05) is 18.5 Å². The number of amides is 2. The molecule has 0 spiro atoms. The van der Waals surface area contributed by atoms with E-state index in [-0.39, 0.29) is 42.1 Å². The van der Waals surface area contributed by atoms with Crippen LogP contribution in [0.2, 0.25) is 0 Å². The molecule has 2 aromatic heterocycles. The molecule has 2 aliphatic carbocycles. The first-order valence-corrected chi connectivity index (χ1v) is 11.2. The highest BCUT2D eigenvalue weighted by molar-refractivity contribution is 5.95. The number of nitrogens with two attached hydrogens (primary N) is 1. The molecule has 0 radical (unpaired) electrons. The first kappa shape index (κ1) is 20.4. The number of halogens is 1. The molecule has 2 saturated heterocycles. The van der Waals surface area contributed by atoms with Crippen LogP contribution in [-0.2, 0) is 16.1 Å². The molecular formula is C22H24FN5O5. The van der Waals surface area contributed by atoms with Crippen molar-refractivity contribution in [2.45, 2.75) is 56.0 Å². The topological polar surface area (TPSA) is 132 Å². The minimum Gasteiger partial charge on any atom is -0.492 e. The molecular weight excluding hydrogens is 433 g/mol. The highest BCUT2D eigenvalue weighted by Gasteiger charge is 2.45. The number of carbonyl (C=O) groups excluding carboxylic acids is 2. The number of ether oxygens (including phenoxy) is 1. The molecule has 2 aliphatic heterocycles. The van der Waals surface area contributed by atoms with Gasteiger partial charge in [0.05, 0.1) is 31.0 Å². The number of alkyl halides is 1. The first-order chi connectivity index (χ1) is 15.7. The Morgan fingerprint density at radius 2 is 2.15 bits per heavy atom. The lowest BCUT2D eigenvalue weighted by Crippen LogP contribution is -2.40. The Balaban J connectivity index is 1.27. The number of aromatic nitrogens is 3. The molecule has 4 fully saturated rings.